The third-order valence-corrected chi connectivity index (χ3v) is 6.93. The fraction of sp³-hybridized carbons (Fsp3) is 0.538. The lowest BCUT2D eigenvalue weighted by molar-refractivity contribution is -0.0502. The van der Waals surface area contributed by atoms with Gasteiger partial charge in [-0.1, -0.05) is 36.4 Å². The van der Waals surface area contributed by atoms with Crippen molar-refractivity contribution in [3.63, 3.8) is 0 Å². The highest BCUT2D eigenvalue weighted by Gasteiger charge is 2.41. The van der Waals surface area contributed by atoms with Gasteiger partial charge in [-0.15, -0.1) is 0 Å². The molecule has 7 heteroatoms. The maximum absolute atomic E-state index is 6.17. The van der Waals surface area contributed by atoms with Gasteiger partial charge in [-0.3, -0.25) is 4.90 Å². The number of guanidine groups is 1. The Morgan fingerprint density at radius 3 is 2.67 bits per heavy atom. The van der Waals surface area contributed by atoms with Crippen LogP contribution in [0.25, 0.3) is 0 Å². The smallest absolute Gasteiger partial charge is 0.194 e. The molecule has 1 aromatic heterocycles. The first-order valence-corrected chi connectivity index (χ1v) is 12.4. The number of likely N-dealkylation sites (tertiary alicyclic amines) is 1. The number of hydrogen-bond donors (Lipinski definition) is 1. The van der Waals surface area contributed by atoms with Gasteiger partial charge in [0.2, 0.25) is 0 Å². The van der Waals surface area contributed by atoms with Gasteiger partial charge in [-0.25, -0.2) is 9.98 Å². The van der Waals surface area contributed by atoms with Crippen molar-refractivity contribution in [2.24, 2.45) is 4.99 Å². The number of nitrogens with zero attached hydrogens (tertiary/aromatic N) is 5. The fourth-order valence-electron chi connectivity index (χ4n) is 5.18. The van der Waals surface area contributed by atoms with Gasteiger partial charge in [0, 0.05) is 52.0 Å². The summed E-state index contributed by atoms with van der Waals surface area (Å²) in [6.45, 7) is 10.4. The fourth-order valence-corrected chi connectivity index (χ4v) is 5.18. The second-order valence-corrected chi connectivity index (χ2v) is 9.23. The lowest BCUT2D eigenvalue weighted by atomic mass is 10.1. The normalized spacial score (nSPS) is 23.7. The predicted molar refractivity (Wildman–Crippen MR) is 132 cm³/mol. The summed E-state index contributed by atoms with van der Waals surface area (Å²) in [5.74, 6) is 2.06. The molecule has 3 fully saturated rings. The molecule has 2 unspecified atom stereocenters. The van der Waals surface area contributed by atoms with Gasteiger partial charge in [-0.05, 0) is 37.0 Å². The molecule has 0 aliphatic carbocycles. The van der Waals surface area contributed by atoms with Crippen LogP contribution >= 0.6 is 0 Å². The van der Waals surface area contributed by atoms with Crippen molar-refractivity contribution in [3.8, 4) is 0 Å². The Bertz CT molecular complexity index is 912. The summed E-state index contributed by atoms with van der Waals surface area (Å²) >= 11 is 0. The lowest BCUT2D eigenvalue weighted by Crippen LogP contribution is -2.50. The van der Waals surface area contributed by atoms with Crippen LogP contribution in [0.4, 0.5) is 5.82 Å². The van der Waals surface area contributed by atoms with E-state index in [1.165, 1.54) is 18.4 Å². The topological polar surface area (TPSA) is 56.2 Å². The van der Waals surface area contributed by atoms with Gasteiger partial charge in [-0.2, -0.15) is 0 Å². The highest BCUT2D eigenvalue weighted by atomic mass is 16.5. The monoisotopic (exact) mass is 448 g/mol. The molecule has 0 spiro atoms. The van der Waals surface area contributed by atoms with E-state index in [1.54, 1.807) is 0 Å². The number of aromatic nitrogens is 1. The maximum Gasteiger partial charge on any atom is 0.194 e. The molecule has 33 heavy (non-hydrogen) atoms. The molecule has 0 amide bonds. The van der Waals surface area contributed by atoms with Crippen molar-refractivity contribution in [1.29, 1.82) is 0 Å². The molecule has 2 aromatic rings. The van der Waals surface area contributed by atoms with E-state index in [0.29, 0.717) is 12.6 Å². The number of pyridine rings is 1. The van der Waals surface area contributed by atoms with Gasteiger partial charge in [0.15, 0.2) is 5.96 Å². The van der Waals surface area contributed by atoms with Crippen LogP contribution in [0.15, 0.2) is 53.7 Å². The van der Waals surface area contributed by atoms with Crippen LogP contribution in [0.1, 0.15) is 30.9 Å². The Labute approximate surface area is 197 Å². The number of fused-ring (bicyclic) bond motifs is 1. The number of benzene rings is 1. The second kappa shape index (κ2) is 10.5. The van der Waals surface area contributed by atoms with Crippen molar-refractivity contribution in [1.82, 2.24) is 20.1 Å². The molecule has 0 bridgehead atoms. The van der Waals surface area contributed by atoms with E-state index in [2.05, 4.69) is 74.4 Å². The first kappa shape index (κ1) is 22.2. The molecule has 0 radical (unpaired) electrons. The van der Waals surface area contributed by atoms with Crippen molar-refractivity contribution in [3.05, 3.63) is 59.8 Å². The molecule has 0 saturated carbocycles. The number of nitrogens with one attached hydrogen (secondary N) is 1. The molecule has 1 N–H and O–H groups in total. The summed E-state index contributed by atoms with van der Waals surface area (Å²) in [7, 11) is 0. The molecule has 3 aliphatic rings. The molecule has 5 rings (SSSR count). The van der Waals surface area contributed by atoms with E-state index in [-0.39, 0.29) is 6.10 Å². The number of hydrogen-bond acceptors (Lipinski definition) is 5. The van der Waals surface area contributed by atoms with E-state index in [1.807, 2.05) is 6.20 Å². The summed E-state index contributed by atoms with van der Waals surface area (Å²) in [5.41, 5.74) is 2.51. The lowest BCUT2D eigenvalue weighted by Gasteiger charge is -2.36. The van der Waals surface area contributed by atoms with Gasteiger partial charge in [0.25, 0.3) is 0 Å². The Morgan fingerprint density at radius 1 is 1.06 bits per heavy atom. The molecular formula is C26H36N6O. The maximum atomic E-state index is 6.17. The Balaban J connectivity index is 1.24. The molecular weight excluding hydrogens is 412 g/mol. The third-order valence-electron chi connectivity index (χ3n) is 6.93. The number of morpholine rings is 1. The van der Waals surface area contributed by atoms with Crippen LogP contribution in [0.3, 0.4) is 0 Å². The summed E-state index contributed by atoms with van der Waals surface area (Å²) in [6, 6.07) is 15.5. The molecule has 4 heterocycles. The van der Waals surface area contributed by atoms with Crippen LogP contribution in [-0.4, -0.2) is 78.8 Å². The van der Waals surface area contributed by atoms with Crippen molar-refractivity contribution >= 4 is 11.8 Å². The summed E-state index contributed by atoms with van der Waals surface area (Å²) in [4.78, 5) is 17.0. The van der Waals surface area contributed by atoms with Crippen LogP contribution in [0, 0.1) is 0 Å². The minimum absolute atomic E-state index is 0.229. The number of ether oxygens (including phenoxy) is 1. The largest absolute Gasteiger partial charge is 0.373 e. The molecule has 7 nitrogen and oxygen atoms in total. The SMILES string of the molecule is CCNC(=NCc1ccc(N2CCCC2)nc1)N1CC2OCCN(Cc3ccccc3)C2C1. The highest BCUT2D eigenvalue weighted by molar-refractivity contribution is 5.80. The van der Waals surface area contributed by atoms with Gasteiger partial charge in [0.1, 0.15) is 5.82 Å². The minimum Gasteiger partial charge on any atom is -0.373 e. The van der Waals surface area contributed by atoms with Crippen molar-refractivity contribution in [2.75, 3.05) is 50.8 Å². The van der Waals surface area contributed by atoms with Gasteiger partial charge >= 0.3 is 0 Å². The van der Waals surface area contributed by atoms with E-state index < -0.39 is 0 Å². The van der Waals surface area contributed by atoms with Crippen LogP contribution < -0.4 is 10.2 Å². The Hall–Kier alpha value is -2.64. The third kappa shape index (κ3) is 5.31. The predicted octanol–water partition coefficient (Wildman–Crippen LogP) is 2.73. The average Bonchev–Trinajstić information content (AvgIpc) is 3.54. The van der Waals surface area contributed by atoms with Gasteiger partial charge in [0.05, 0.1) is 25.3 Å². The van der Waals surface area contributed by atoms with Crippen molar-refractivity contribution in [2.45, 2.75) is 45.0 Å². The Morgan fingerprint density at radius 2 is 1.91 bits per heavy atom. The standard InChI is InChI=1S/C26H36N6O/c1-2-27-26(29-17-22-10-11-25(28-16-22)30-12-6-7-13-30)32-19-23-24(20-32)33-15-14-31(23)18-21-8-4-3-5-9-21/h3-5,8-11,16,23-24H,2,6-7,12-15,17-20H2,1H3,(H,27,29). The van der Waals surface area contributed by atoms with Crippen LogP contribution in [0.5, 0.6) is 0 Å². The van der Waals surface area contributed by atoms with E-state index >= 15 is 0 Å². The number of aliphatic imine (C=N–C) groups is 1. The van der Waals surface area contributed by atoms with Crippen LogP contribution in [-0.2, 0) is 17.8 Å². The average molecular weight is 449 g/mol. The summed E-state index contributed by atoms with van der Waals surface area (Å²) in [5, 5.41) is 3.50. The zero-order chi connectivity index (χ0) is 22.5. The Kier molecular flexibility index (Phi) is 7.07. The molecule has 3 saturated heterocycles. The first-order valence-electron chi connectivity index (χ1n) is 12.4. The zero-order valence-corrected chi connectivity index (χ0v) is 19.7. The molecule has 176 valence electrons. The summed E-state index contributed by atoms with van der Waals surface area (Å²) < 4.78 is 6.17. The number of rotatable bonds is 6. The van der Waals surface area contributed by atoms with Gasteiger partial charge < -0.3 is 19.9 Å². The highest BCUT2D eigenvalue weighted by Crippen LogP contribution is 2.25. The zero-order valence-electron chi connectivity index (χ0n) is 19.7. The van der Waals surface area contributed by atoms with Crippen LogP contribution in [0.2, 0.25) is 0 Å². The summed E-state index contributed by atoms with van der Waals surface area (Å²) in [6.07, 6.45) is 4.75. The minimum atomic E-state index is 0.229. The second-order valence-electron chi connectivity index (χ2n) is 9.23. The van der Waals surface area contributed by atoms with E-state index in [4.69, 9.17) is 9.73 Å². The molecule has 1 aromatic carbocycles. The van der Waals surface area contributed by atoms with Crippen molar-refractivity contribution < 1.29 is 4.74 Å². The molecule has 2 atom stereocenters. The first-order chi connectivity index (χ1) is 16.3. The van der Waals surface area contributed by atoms with E-state index in [0.717, 1.165) is 69.8 Å². The van der Waals surface area contributed by atoms with E-state index in [9.17, 15) is 0 Å². The quantitative estimate of drug-likeness (QED) is 0.542. The molecule has 3 aliphatic heterocycles. The number of anilines is 1.